The van der Waals surface area contributed by atoms with Crippen LogP contribution in [0.3, 0.4) is 0 Å². The van der Waals surface area contributed by atoms with Crippen molar-refractivity contribution in [2.24, 2.45) is 0 Å². The predicted octanol–water partition coefficient (Wildman–Crippen LogP) is 3.35. The zero-order chi connectivity index (χ0) is 16.7. The van der Waals surface area contributed by atoms with E-state index in [-0.39, 0.29) is 12.5 Å². The Labute approximate surface area is 144 Å². The van der Waals surface area contributed by atoms with E-state index >= 15 is 0 Å². The Bertz CT molecular complexity index is 656. The Kier molecular flexibility index (Phi) is 6.35. The number of ether oxygens (including phenoxy) is 1. The monoisotopic (exact) mass is 375 g/mol. The maximum atomic E-state index is 12.3. The van der Waals surface area contributed by atoms with Crippen molar-refractivity contribution in [1.29, 1.82) is 0 Å². The quantitative estimate of drug-likeness (QED) is 0.787. The normalized spacial score (nSPS) is 11.6. The Morgan fingerprint density at radius 3 is 2.35 bits per heavy atom. The summed E-state index contributed by atoms with van der Waals surface area (Å²) in [6.45, 7) is 2.02. The lowest BCUT2D eigenvalue weighted by Crippen LogP contribution is -2.43. The van der Waals surface area contributed by atoms with Gasteiger partial charge in [-0.2, -0.15) is 0 Å². The second-order valence-electron chi connectivity index (χ2n) is 4.97. The summed E-state index contributed by atoms with van der Waals surface area (Å²) in [5.74, 6) is -0.728. The van der Waals surface area contributed by atoms with Gasteiger partial charge in [-0.15, -0.1) is 0 Å². The molecule has 2 aromatic carbocycles. The molecule has 1 amide bonds. The topological polar surface area (TPSA) is 55.4 Å². The fourth-order valence-electron chi connectivity index (χ4n) is 2.13. The van der Waals surface area contributed by atoms with Gasteiger partial charge in [0.05, 0.1) is 6.61 Å². The second kappa shape index (κ2) is 8.48. The first-order valence-electron chi connectivity index (χ1n) is 7.37. The second-order valence-corrected chi connectivity index (χ2v) is 5.89. The van der Waals surface area contributed by atoms with Crippen LogP contribution in [0.4, 0.5) is 0 Å². The summed E-state index contributed by atoms with van der Waals surface area (Å²) in [5, 5.41) is 2.76. The minimum Gasteiger partial charge on any atom is -0.464 e. The summed E-state index contributed by atoms with van der Waals surface area (Å²) in [7, 11) is 0. The number of carbonyl (C=O) groups is 2. The molecule has 1 N–H and O–H groups in total. The van der Waals surface area contributed by atoms with Gasteiger partial charge in [0.1, 0.15) is 6.04 Å². The molecule has 1 unspecified atom stereocenters. The molecule has 4 nitrogen and oxygen atoms in total. The molecular weight excluding hydrogens is 358 g/mol. The third-order valence-electron chi connectivity index (χ3n) is 3.27. The summed E-state index contributed by atoms with van der Waals surface area (Å²) in [5.41, 5.74) is 1.46. The van der Waals surface area contributed by atoms with Crippen LogP contribution in [0.25, 0.3) is 0 Å². The maximum Gasteiger partial charge on any atom is 0.328 e. The molecule has 0 bridgehead atoms. The number of hydrogen-bond donors (Lipinski definition) is 1. The SMILES string of the molecule is CCOC(=O)C(Cc1ccccc1)NC(=O)c1ccc(Br)cc1. The molecule has 23 heavy (non-hydrogen) atoms. The van der Waals surface area contributed by atoms with Gasteiger partial charge in [0.2, 0.25) is 0 Å². The van der Waals surface area contributed by atoms with Crippen LogP contribution in [-0.2, 0) is 16.0 Å². The highest BCUT2D eigenvalue weighted by atomic mass is 79.9. The smallest absolute Gasteiger partial charge is 0.328 e. The van der Waals surface area contributed by atoms with Gasteiger partial charge < -0.3 is 10.1 Å². The van der Waals surface area contributed by atoms with Crippen molar-refractivity contribution in [3.05, 3.63) is 70.2 Å². The molecular formula is C18H18BrNO3. The highest BCUT2D eigenvalue weighted by molar-refractivity contribution is 9.10. The molecule has 0 saturated heterocycles. The van der Waals surface area contributed by atoms with Crippen LogP contribution in [-0.4, -0.2) is 24.5 Å². The summed E-state index contributed by atoms with van der Waals surface area (Å²) in [6.07, 6.45) is 0.391. The van der Waals surface area contributed by atoms with Crippen LogP contribution in [0, 0.1) is 0 Å². The largest absolute Gasteiger partial charge is 0.464 e. The Balaban J connectivity index is 2.11. The van der Waals surface area contributed by atoms with Gasteiger partial charge in [0.15, 0.2) is 0 Å². The molecule has 0 aliphatic heterocycles. The van der Waals surface area contributed by atoms with Crippen molar-refractivity contribution in [2.45, 2.75) is 19.4 Å². The molecule has 0 fully saturated rings. The van der Waals surface area contributed by atoms with E-state index < -0.39 is 12.0 Å². The number of rotatable bonds is 6. The molecule has 1 atom stereocenters. The summed E-state index contributed by atoms with van der Waals surface area (Å²) in [6, 6.07) is 15.8. The van der Waals surface area contributed by atoms with Gasteiger partial charge in [0.25, 0.3) is 5.91 Å². The number of carbonyl (C=O) groups excluding carboxylic acids is 2. The van der Waals surface area contributed by atoms with E-state index in [0.29, 0.717) is 12.0 Å². The molecule has 0 aliphatic rings. The molecule has 120 valence electrons. The zero-order valence-corrected chi connectivity index (χ0v) is 14.4. The first-order valence-corrected chi connectivity index (χ1v) is 8.16. The third-order valence-corrected chi connectivity index (χ3v) is 3.79. The van der Waals surface area contributed by atoms with Crippen molar-refractivity contribution in [2.75, 3.05) is 6.61 Å². The molecule has 0 aliphatic carbocycles. The number of amides is 1. The number of nitrogens with one attached hydrogen (secondary N) is 1. The van der Waals surface area contributed by atoms with Crippen molar-refractivity contribution < 1.29 is 14.3 Å². The lowest BCUT2D eigenvalue weighted by atomic mass is 10.1. The summed E-state index contributed by atoms with van der Waals surface area (Å²) >= 11 is 3.33. The van der Waals surface area contributed by atoms with Crippen molar-refractivity contribution in [1.82, 2.24) is 5.32 Å². The minimum atomic E-state index is -0.714. The highest BCUT2D eigenvalue weighted by Crippen LogP contribution is 2.11. The van der Waals surface area contributed by atoms with E-state index in [2.05, 4.69) is 21.2 Å². The lowest BCUT2D eigenvalue weighted by molar-refractivity contribution is -0.145. The average molecular weight is 376 g/mol. The highest BCUT2D eigenvalue weighted by Gasteiger charge is 2.23. The first kappa shape index (κ1) is 17.2. The fourth-order valence-corrected chi connectivity index (χ4v) is 2.39. The Morgan fingerprint density at radius 1 is 1.09 bits per heavy atom. The van der Waals surface area contributed by atoms with Crippen LogP contribution < -0.4 is 5.32 Å². The van der Waals surface area contributed by atoms with Crippen LogP contribution in [0.1, 0.15) is 22.8 Å². The van der Waals surface area contributed by atoms with Gasteiger partial charge in [-0.3, -0.25) is 4.79 Å². The fraction of sp³-hybridized carbons (Fsp3) is 0.222. The Morgan fingerprint density at radius 2 is 1.74 bits per heavy atom. The third kappa shape index (κ3) is 5.21. The zero-order valence-electron chi connectivity index (χ0n) is 12.8. The molecule has 0 saturated carbocycles. The first-order chi connectivity index (χ1) is 11.1. The average Bonchev–Trinajstić information content (AvgIpc) is 2.56. The molecule has 5 heteroatoms. The van der Waals surface area contributed by atoms with Gasteiger partial charge in [-0.05, 0) is 36.8 Å². The van der Waals surface area contributed by atoms with Gasteiger partial charge >= 0.3 is 5.97 Å². The number of halogens is 1. The van der Waals surface area contributed by atoms with Gasteiger partial charge in [-0.1, -0.05) is 46.3 Å². The van der Waals surface area contributed by atoms with E-state index in [1.807, 2.05) is 30.3 Å². The van der Waals surface area contributed by atoms with E-state index in [0.717, 1.165) is 10.0 Å². The van der Waals surface area contributed by atoms with Gasteiger partial charge in [0, 0.05) is 16.5 Å². The molecule has 2 rings (SSSR count). The molecule has 0 radical (unpaired) electrons. The minimum absolute atomic E-state index is 0.276. The van der Waals surface area contributed by atoms with Crippen LogP contribution >= 0.6 is 15.9 Å². The van der Waals surface area contributed by atoms with Crippen molar-refractivity contribution in [3.8, 4) is 0 Å². The number of hydrogen-bond acceptors (Lipinski definition) is 3. The predicted molar refractivity (Wildman–Crippen MR) is 92.2 cm³/mol. The molecule has 2 aromatic rings. The van der Waals surface area contributed by atoms with E-state index in [1.54, 1.807) is 31.2 Å². The summed E-state index contributed by atoms with van der Waals surface area (Å²) < 4.78 is 5.96. The summed E-state index contributed by atoms with van der Waals surface area (Å²) in [4.78, 5) is 24.5. The standard InChI is InChI=1S/C18H18BrNO3/c1-2-23-18(22)16(12-13-6-4-3-5-7-13)20-17(21)14-8-10-15(19)11-9-14/h3-11,16H,2,12H2,1H3,(H,20,21). The molecule has 0 aromatic heterocycles. The van der Waals surface area contributed by atoms with Crippen LogP contribution in [0.2, 0.25) is 0 Å². The van der Waals surface area contributed by atoms with Crippen molar-refractivity contribution in [3.63, 3.8) is 0 Å². The van der Waals surface area contributed by atoms with E-state index in [4.69, 9.17) is 4.74 Å². The van der Waals surface area contributed by atoms with Crippen molar-refractivity contribution >= 4 is 27.8 Å². The van der Waals surface area contributed by atoms with E-state index in [1.165, 1.54) is 0 Å². The number of benzene rings is 2. The van der Waals surface area contributed by atoms with Crippen LogP contribution in [0.15, 0.2) is 59.1 Å². The lowest BCUT2D eigenvalue weighted by Gasteiger charge is -2.17. The Hall–Kier alpha value is -2.14. The number of esters is 1. The molecule has 0 heterocycles. The van der Waals surface area contributed by atoms with Crippen LogP contribution in [0.5, 0.6) is 0 Å². The maximum absolute atomic E-state index is 12.3. The van der Waals surface area contributed by atoms with Gasteiger partial charge in [-0.25, -0.2) is 4.79 Å². The molecule has 0 spiro atoms. The van der Waals surface area contributed by atoms with E-state index in [9.17, 15) is 9.59 Å².